The van der Waals surface area contributed by atoms with E-state index in [2.05, 4.69) is 217 Å². The van der Waals surface area contributed by atoms with E-state index in [4.69, 9.17) is 0 Å². The van der Waals surface area contributed by atoms with Crippen molar-refractivity contribution >= 4 is 60.2 Å². The highest BCUT2D eigenvalue weighted by Crippen LogP contribution is 2.42. The minimum Gasteiger partial charge on any atom is -0.310 e. The molecule has 0 fully saturated rings. The average Bonchev–Trinajstić information content (AvgIpc) is 3.24. The maximum Gasteiger partial charge on any atom is 0.0468 e. The molecule has 0 heterocycles. The van der Waals surface area contributed by atoms with Crippen LogP contribution in [0.15, 0.2) is 212 Å². The summed E-state index contributed by atoms with van der Waals surface area (Å²) in [5.41, 5.74) is 10.5. The molecule has 0 radical (unpaired) electrons. The molecule has 0 saturated heterocycles. The molecule has 0 unspecified atom stereocenters. The SMILES string of the molecule is c1ccc(-c2cc(N(c3ccccc3)c3ccc(-c4ccc5ccccc5c4)cc3)ccc2-c2ccc3ccc4c5ccccc5ccc4c3c2)cc1. The second-order valence-electron chi connectivity index (χ2n) is 13.8. The van der Waals surface area contributed by atoms with Gasteiger partial charge in [0.2, 0.25) is 0 Å². The summed E-state index contributed by atoms with van der Waals surface area (Å²) >= 11 is 0. The molecule has 0 aliphatic carbocycles. The fourth-order valence-corrected chi connectivity index (χ4v) is 7.96. The van der Waals surface area contributed by atoms with Crippen LogP contribution in [0.3, 0.4) is 0 Å². The van der Waals surface area contributed by atoms with Crippen LogP contribution in [0.25, 0.3) is 76.5 Å². The summed E-state index contributed by atoms with van der Waals surface area (Å²) in [6.45, 7) is 0. The highest BCUT2D eigenvalue weighted by Gasteiger charge is 2.17. The Morgan fingerprint density at radius 1 is 0.226 bits per heavy atom. The molecule has 0 N–H and O–H groups in total. The monoisotopic (exact) mass is 673 g/mol. The number of nitrogens with zero attached hydrogens (tertiary/aromatic N) is 1. The van der Waals surface area contributed by atoms with Gasteiger partial charge in [-0.1, -0.05) is 164 Å². The first-order valence-electron chi connectivity index (χ1n) is 18.3. The summed E-state index contributed by atoms with van der Waals surface area (Å²) in [4.78, 5) is 2.36. The van der Waals surface area contributed by atoms with E-state index in [0.717, 1.165) is 17.1 Å². The van der Waals surface area contributed by atoms with E-state index < -0.39 is 0 Å². The van der Waals surface area contributed by atoms with E-state index in [0.29, 0.717) is 0 Å². The van der Waals surface area contributed by atoms with E-state index in [1.807, 2.05) is 0 Å². The van der Waals surface area contributed by atoms with Gasteiger partial charge in [-0.15, -0.1) is 0 Å². The van der Waals surface area contributed by atoms with Gasteiger partial charge in [0.25, 0.3) is 0 Å². The first kappa shape index (κ1) is 30.8. The van der Waals surface area contributed by atoms with Crippen molar-refractivity contribution in [2.45, 2.75) is 0 Å². The van der Waals surface area contributed by atoms with Gasteiger partial charge in [-0.2, -0.15) is 0 Å². The van der Waals surface area contributed by atoms with Crippen molar-refractivity contribution in [1.82, 2.24) is 0 Å². The van der Waals surface area contributed by atoms with E-state index >= 15 is 0 Å². The zero-order valence-corrected chi connectivity index (χ0v) is 29.2. The van der Waals surface area contributed by atoms with Gasteiger partial charge < -0.3 is 4.90 Å². The molecule has 0 aromatic heterocycles. The molecule has 10 rings (SSSR count). The van der Waals surface area contributed by atoms with Gasteiger partial charge in [0.05, 0.1) is 0 Å². The maximum atomic E-state index is 2.38. The molecule has 0 aliphatic rings. The van der Waals surface area contributed by atoms with Gasteiger partial charge in [-0.05, 0) is 125 Å². The highest BCUT2D eigenvalue weighted by molar-refractivity contribution is 6.18. The third-order valence-electron chi connectivity index (χ3n) is 10.6. The van der Waals surface area contributed by atoms with Crippen LogP contribution in [-0.2, 0) is 0 Å². The van der Waals surface area contributed by atoms with Crippen LogP contribution in [-0.4, -0.2) is 0 Å². The second kappa shape index (κ2) is 13.0. The molecule has 0 aliphatic heterocycles. The molecule has 10 aromatic rings. The Bertz CT molecular complexity index is 2930. The molecular weight excluding hydrogens is 639 g/mol. The molecule has 1 heteroatoms. The topological polar surface area (TPSA) is 3.24 Å². The summed E-state index contributed by atoms with van der Waals surface area (Å²) in [6.07, 6.45) is 0. The minimum atomic E-state index is 1.11. The Labute approximate surface area is 309 Å². The molecule has 0 atom stereocenters. The van der Waals surface area contributed by atoms with Crippen molar-refractivity contribution in [1.29, 1.82) is 0 Å². The van der Waals surface area contributed by atoms with Crippen LogP contribution >= 0.6 is 0 Å². The molecule has 0 amide bonds. The number of para-hydroxylation sites is 1. The molecule has 248 valence electrons. The summed E-state index contributed by atoms with van der Waals surface area (Å²) in [5.74, 6) is 0. The summed E-state index contributed by atoms with van der Waals surface area (Å²) in [6, 6.07) is 77.3. The predicted octanol–water partition coefficient (Wildman–Crippen LogP) is 14.8. The maximum absolute atomic E-state index is 2.38. The Morgan fingerprint density at radius 2 is 0.774 bits per heavy atom. The molecule has 0 bridgehead atoms. The minimum absolute atomic E-state index is 1.11. The van der Waals surface area contributed by atoms with Crippen molar-refractivity contribution in [2.75, 3.05) is 4.90 Å². The Morgan fingerprint density at radius 3 is 1.57 bits per heavy atom. The predicted molar refractivity (Wildman–Crippen MR) is 227 cm³/mol. The second-order valence-corrected chi connectivity index (χ2v) is 13.8. The molecule has 0 saturated carbocycles. The number of anilines is 3. The zero-order valence-electron chi connectivity index (χ0n) is 29.2. The fraction of sp³-hybridized carbons (Fsp3) is 0. The van der Waals surface area contributed by atoms with Gasteiger partial charge >= 0.3 is 0 Å². The van der Waals surface area contributed by atoms with Crippen molar-refractivity contribution in [3.05, 3.63) is 212 Å². The number of rotatable bonds is 6. The van der Waals surface area contributed by atoms with Gasteiger partial charge in [0, 0.05) is 17.1 Å². The number of hydrogen-bond donors (Lipinski definition) is 0. The van der Waals surface area contributed by atoms with E-state index in [9.17, 15) is 0 Å². The molecule has 1 nitrogen and oxygen atoms in total. The fourth-order valence-electron chi connectivity index (χ4n) is 7.96. The average molecular weight is 674 g/mol. The Balaban J connectivity index is 1.11. The van der Waals surface area contributed by atoms with Crippen molar-refractivity contribution in [3.63, 3.8) is 0 Å². The molecule has 0 spiro atoms. The van der Waals surface area contributed by atoms with Crippen molar-refractivity contribution in [3.8, 4) is 33.4 Å². The lowest BCUT2D eigenvalue weighted by atomic mass is 9.90. The van der Waals surface area contributed by atoms with Crippen LogP contribution in [0.5, 0.6) is 0 Å². The third-order valence-corrected chi connectivity index (χ3v) is 10.6. The summed E-state index contributed by atoms with van der Waals surface area (Å²) in [7, 11) is 0. The van der Waals surface area contributed by atoms with Crippen molar-refractivity contribution in [2.24, 2.45) is 0 Å². The molecular formula is C52H35N. The van der Waals surface area contributed by atoms with Gasteiger partial charge in [-0.25, -0.2) is 0 Å². The lowest BCUT2D eigenvalue weighted by Gasteiger charge is -2.27. The van der Waals surface area contributed by atoms with Gasteiger partial charge in [0.15, 0.2) is 0 Å². The zero-order chi connectivity index (χ0) is 35.1. The highest BCUT2D eigenvalue weighted by atomic mass is 15.1. The Kier molecular flexibility index (Phi) is 7.55. The lowest BCUT2D eigenvalue weighted by molar-refractivity contribution is 1.28. The third kappa shape index (κ3) is 5.60. The first-order chi connectivity index (χ1) is 26.3. The summed E-state index contributed by atoms with van der Waals surface area (Å²) in [5, 5.41) is 10.2. The molecule has 53 heavy (non-hydrogen) atoms. The molecule has 10 aromatic carbocycles. The standard InChI is InChI=1S/C52H35N/c1-3-12-38(13-4-1)52-35-46(29-32-48(52)43-22-20-40-26-30-49-47-18-10-9-14-39(47)25-31-50(49)51(40)34-43)53(44-16-5-2-6-17-44)45-27-23-37(24-28-45)42-21-19-36-11-7-8-15-41(36)33-42/h1-35H. The first-order valence-corrected chi connectivity index (χ1v) is 18.3. The summed E-state index contributed by atoms with van der Waals surface area (Å²) < 4.78 is 0. The van der Waals surface area contributed by atoms with E-state index in [1.165, 1.54) is 76.5 Å². The van der Waals surface area contributed by atoms with Crippen LogP contribution < -0.4 is 4.90 Å². The van der Waals surface area contributed by atoms with Crippen LogP contribution in [0.1, 0.15) is 0 Å². The van der Waals surface area contributed by atoms with Gasteiger partial charge in [-0.3, -0.25) is 0 Å². The smallest absolute Gasteiger partial charge is 0.0468 e. The van der Waals surface area contributed by atoms with Crippen LogP contribution in [0, 0.1) is 0 Å². The van der Waals surface area contributed by atoms with E-state index in [1.54, 1.807) is 0 Å². The lowest BCUT2D eigenvalue weighted by Crippen LogP contribution is -2.10. The van der Waals surface area contributed by atoms with Gasteiger partial charge in [0.1, 0.15) is 0 Å². The quantitative estimate of drug-likeness (QED) is 0.159. The Hall–Kier alpha value is -6.96. The van der Waals surface area contributed by atoms with E-state index in [-0.39, 0.29) is 0 Å². The normalized spacial score (nSPS) is 11.4. The number of fused-ring (bicyclic) bond motifs is 6. The van der Waals surface area contributed by atoms with Crippen LogP contribution in [0.2, 0.25) is 0 Å². The van der Waals surface area contributed by atoms with Crippen LogP contribution in [0.4, 0.5) is 17.1 Å². The van der Waals surface area contributed by atoms with Crippen molar-refractivity contribution < 1.29 is 0 Å². The largest absolute Gasteiger partial charge is 0.310 e. The number of hydrogen-bond acceptors (Lipinski definition) is 1. The number of benzene rings is 10.